The monoisotopic (exact) mass is 304 g/mol. The van der Waals surface area contributed by atoms with Gasteiger partial charge in [0.05, 0.1) is 5.54 Å². The lowest BCUT2D eigenvalue weighted by Crippen LogP contribution is -2.31. The molecule has 0 amide bonds. The van der Waals surface area contributed by atoms with Crippen LogP contribution < -0.4 is 10.6 Å². The molecule has 0 saturated heterocycles. The fourth-order valence-corrected chi connectivity index (χ4v) is 3.10. The second-order valence-electron chi connectivity index (χ2n) is 6.59. The van der Waals surface area contributed by atoms with E-state index in [1.54, 1.807) is 0 Å². The Morgan fingerprint density at radius 1 is 0.913 bits per heavy atom. The number of para-hydroxylation sites is 2. The van der Waals surface area contributed by atoms with Gasteiger partial charge in [0.1, 0.15) is 0 Å². The topological polar surface area (TPSA) is 24.1 Å². The third-order valence-electron chi connectivity index (χ3n) is 4.05. The summed E-state index contributed by atoms with van der Waals surface area (Å²) >= 11 is 0. The van der Waals surface area contributed by atoms with E-state index in [1.807, 2.05) is 6.07 Å². The van der Waals surface area contributed by atoms with Crippen molar-refractivity contribution in [1.29, 1.82) is 0 Å². The summed E-state index contributed by atoms with van der Waals surface area (Å²) in [7, 11) is 0. The first-order valence-corrected chi connectivity index (χ1v) is 8.12. The van der Waals surface area contributed by atoms with Crippen LogP contribution in [0.2, 0.25) is 0 Å². The first kappa shape index (κ1) is 15.4. The maximum Gasteiger partial charge on any atom is 0.0505 e. The molecule has 2 heterocycles. The van der Waals surface area contributed by atoms with Gasteiger partial charge >= 0.3 is 0 Å². The molecule has 2 aliphatic heterocycles. The second kappa shape index (κ2) is 6.33. The number of fused-ring (bicyclic) bond motifs is 2. The van der Waals surface area contributed by atoms with Crippen LogP contribution in [-0.4, -0.2) is 12.1 Å². The largest absolute Gasteiger partial charge is 0.381 e. The quantitative estimate of drug-likeness (QED) is 0.679. The molecule has 0 spiro atoms. The summed E-state index contributed by atoms with van der Waals surface area (Å²) in [5, 5.41) is 6.77. The molecule has 0 unspecified atom stereocenters. The lowest BCUT2D eigenvalue weighted by atomic mass is 9.91. The van der Waals surface area contributed by atoms with Gasteiger partial charge in [-0.1, -0.05) is 54.6 Å². The van der Waals surface area contributed by atoms with Crippen molar-refractivity contribution >= 4 is 23.0 Å². The highest BCUT2D eigenvalue weighted by atomic mass is 15.0. The Hall–Kier alpha value is -2.48. The van der Waals surface area contributed by atoms with E-state index in [2.05, 4.69) is 92.1 Å². The van der Waals surface area contributed by atoms with Crippen molar-refractivity contribution in [3.63, 3.8) is 0 Å². The zero-order valence-electron chi connectivity index (χ0n) is 14.1. The molecule has 23 heavy (non-hydrogen) atoms. The van der Waals surface area contributed by atoms with Crippen LogP contribution in [0.1, 0.15) is 31.9 Å². The molecule has 0 aliphatic carbocycles. The Morgan fingerprint density at radius 2 is 1.61 bits per heavy atom. The molecule has 118 valence electrons. The lowest BCUT2D eigenvalue weighted by Gasteiger charge is -2.31. The summed E-state index contributed by atoms with van der Waals surface area (Å²) in [4.78, 5) is 0. The van der Waals surface area contributed by atoms with E-state index in [1.165, 1.54) is 28.1 Å². The molecule has 2 aromatic carbocycles. The molecule has 0 aromatic heterocycles. The maximum atomic E-state index is 3.49. The molecule has 0 radical (unpaired) electrons. The van der Waals surface area contributed by atoms with Crippen LogP contribution in [0.5, 0.6) is 0 Å². The van der Waals surface area contributed by atoms with Gasteiger partial charge in [0, 0.05) is 23.5 Å². The van der Waals surface area contributed by atoms with Crippen LogP contribution in [0.3, 0.4) is 0 Å². The summed E-state index contributed by atoms with van der Waals surface area (Å²) in [5.74, 6) is 0. The van der Waals surface area contributed by atoms with Crippen molar-refractivity contribution in [2.75, 3.05) is 17.2 Å². The van der Waals surface area contributed by atoms with Gasteiger partial charge in [0.25, 0.3) is 0 Å². The van der Waals surface area contributed by atoms with Crippen molar-refractivity contribution in [2.24, 2.45) is 0 Å². The number of hydrogen-bond acceptors (Lipinski definition) is 2. The standard InChI is InChI=1S/C12H15N.C9H9N/c1-9-8-12(2,3)13-11-7-5-4-6-10(9)11;1-2-6-9-8(4-1)5-3-7-10-9/h4-8,13H,1-3H3;1-6,10H,7H2. The predicted molar refractivity (Wildman–Crippen MR) is 102 cm³/mol. The summed E-state index contributed by atoms with van der Waals surface area (Å²) in [6.07, 6.45) is 6.55. The summed E-state index contributed by atoms with van der Waals surface area (Å²) < 4.78 is 0. The fraction of sp³-hybridized carbons (Fsp3) is 0.238. The summed E-state index contributed by atoms with van der Waals surface area (Å²) in [5.41, 5.74) is 6.53. The van der Waals surface area contributed by atoms with Crippen LogP contribution in [0.15, 0.2) is 60.7 Å². The van der Waals surface area contributed by atoms with E-state index in [9.17, 15) is 0 Å². The highest BCUT2D eigenvalue weighted by molar-refractivity contribution is 5.79. The normalized spacial score (nSPS) is 16.6. The van der Waals surface area contributed by atoms with Gasteiger partial charge in [-0.15, -0.1) is 0 Å². The van der Waals surface area contributed by atoms with E-state index < -0.39 is 0 Å². The van der Waals surface area contributed by atoms with Crippen molar-refractivity contribution < 1.29 is 0 Å². The van der Waals surface area contributed by atoms with E-state index in [-0.39, 0.29) is 5.54 Å². The average molecular weight is 304 g/mol. The zero-order chi connectivity index (χ0) is 16.3. The molecule has 0 bridgehead atoms. The number of rotatable bonds is 0. The third-order valence-corrected chi connectivity index (χ3v) is 4.05. The lowest BCUT2D eigenvalue weighted by molar-refractivity contribution is 0.707. The highest BCUT2D eigenvalue weighted by Crippen LogP contribution is 2.32. The molecule has 2 aromatic rings. The minimum Gasteiger partial charge on any atom is -0.381 e. The predicted octanol–water partition coefficient (Wildman–Crippen LogP) is 5.42. The minimum absolute atomic E-state index is 0.0818. The van der Waals surface area contributed by atoms with Gasteiger partial charge in [-0.3, -0.25) is 0 Å². The third kappa shape index (κ3) is 3.65. The molecule has 2 heteroatoms. The van der Waals surface area contributed by atoms with E-state index in [0.717, 1.165) is 6.54 Å². The number of allylic oxidation sites excluding steroid dienone is 1. The smallest absolute Gasteiger partial charge is 0.0505 e. The maximum absolute atomic E-state index is 3.49. The van der Waals surface area contributed by atoms with E-state index >= 15 is 0 Å². The molecule has 0 fully saturated rings. The van der Waals surface area contributed by atoms with Crippen LogP contribution in [0.25, 0.3) is 11.6 Å². The van der Waals surface area contributed by atoms with Gasteiger partial charge in [0.2, 0.25) is 0 Å². The van der Waals surface area contributed by atoms with Crippen molar-refractivity contribution in [3.8, 4) is 0 Å². The second-order valence-corrected chi connectivity index (χ2v) is 6.59. The Labute approximate surface area is 138 Å². The number of hydrogen-bond donors (Lipinski definition) is 2. The van der Waals surface area contributed by atoms with E-state index in [4.69, 9.17) is 0 Å². The molecule has 2 N–H and O–H groups in total. The van der Waals surface area contributed by atoms with Crippen molar-refractivity contribution in [2.45, 2.75) is 26.3 Å². The Kier molecular flexibility index (Phi) is 4.24. The van der Waals surface area contributed by atoms with Gasteiger partial charge < -0.3 is 10.6 Å². The molecule has 2 aliphatic rings. The zero-order valence-corrected chi connectivity index (χ0v) is 14.1. The molecule has 0 atom stereocenters. The van der Waals surface area contributed by atoms with Gasteiger partial charge in [-0.2, -0.15) is 0 Å². The first-order chi connectivity index (χ1) is 11.1. The Bertz CT molecular complexity index is 754. The Morgan fingerprint density at radius 3 is 2.39 bits per heavy atom. The SMILES string of the molecule is C1=Cc2ccccc2NC1.CC1=CC(C)(C)Nc2ccccc21. The van der Waals surface area contributed by atoms with Crippen LogP contribution in [-0.2, 0) is 0 Å². The van der Waals surface area contributed by atoms with Crippen molar-refractivity contribution in [1.82, 2.24) is 0 Å². The van der Waals surface area contributed by atoms with Crippen LogP contribution in [0, 0.1) is 0 Å². The molecular formula is C21H24N2. The fourth-order valence-electron chi connectivity index (χ4n) is 3.10. The molecule has 0 saturated carbocycles. The van der Waals surface area contributed by atoms with Gasteiger partial charge in [-0.05, 0) is 44.0 Å². The average Bonchev–Trinajstić information content (AvgIpc) is 2.54. The number of anilines is 2. The van der Waals surface area contributed by atoms with E-state index in [0.29, 0.717) is 0 Å². The van der Waals surface area contributed by atoms with Crippen LogP contribution in [0.4, 0.5) is 11.4 Å². The molecule has 4 rings (SSSR count). The number of nitrogens with one attached hydrogen (secondary N) is 2. The highest BCUT2D eigenvalue weighted by Gasteiger charge is 2.21. The summed E-state index contributed by atoms with van der Waals surface area (Å²) in [6.45, 7) is 7.50. The minimum atomic E-state index is 0.0818. The van der Waals surface area contributed by atoms with Gasteiger partial charge in [0.15, 0.2) is 0 Å². The molecule has 2 nitrogen and oxygen atoms in total. The van der Waals surface area contributed by atoms with Gasteiger partial charge in [-0.25, -0.2) is 0 Å². The molecular weight excluding hydrogens is 280 g/mol. The Balaban J connectivity index is 0.000000140. The first-order valence-electron chi connectivity index (χ1n) is 8.12. The summed E-state index contributed by atoms with van der Waals surface area (Å²) in [6, 6.07) is 16.7. The number of benzene rings is 2. The van der Waals surface area contributed by atoms with Crippen molar-refractivity contribution in [3.05, 3.63) is 71.8 Å². The van der Waals surface area contributed by atoms with Crippen LogP contribution >= 0.6 is 0 Å².